The Kier molecular flexibility index (Phi) is 3.47. The zero-order valence-corrected chi connectivity index (χ0v) is 10.7. The largest absolute Gasteiger partial charge is 0.487 e. The summed E-state index contributed by atoms with van der Waals surface area (Å²) in [5.74, 6) is 0.150. The summed E-state index contributed by atoms with van der Waals surface area (Å²) in [4.78, 5) is 13.6. The summed E-state index contributed by atoms with van der Waals surface area (Å²) >= 11 is 1.32. The number of nitrogens with zero attached hydrogens (tertiary/aromatic N) is 1. The summed E-state index contributed by atoms with van der Waals surface area (Å²) in [5.41, 5.74) is 1.03. The highest BCUT2D eigenvalue weighted by molar-refractivity contribution is 8.00. The molecule has 0 bridgehead atoms. The van der Waals surface area contributed by atoms with E-state index in [1.165, 1.54) is 11.8 Å². The van der Waals surface area contributed by atoms with Crippen LogP contribution in [0.1, 0.15) is 6.92 Å². The van der Waals surface area contributed by atoms with Crippen molar-refractivity contribution in [1.82, 2.24) is 0 Å². The molecule has 92 valence electrons. The summed E-state index contributed by atoms with van der Waals surface area (Å²) < 4.78 is 5.72. The van der Waals surface area contributed by atoms with Crippen LogP contribution < -0.4 is 9.64 Å². The van der Waals surface area contributed by atoms with Crippen molar-refractivity contribution in [3.8, 4) is 5.75 Å². The van der Waals surface area contributed by atoms with Crippen molar-refractivity contribution in [2.45, 2.75) is 17.9 Å². The molecule has 1 aliphatic heterocycles. The van der Waals surface area contributed by atoms with Gasteiger partial charge >= 0.3 is 5.97 Å². The third-order valence-corrected chi connectivity index (χ3v) is 3.54. The van der Waals surface area contributed by atoms with Gasteiger partial charge in [0.25, 0.3) is 0 Å². The molecule has 1 aliphatic rings. The van der Waals surface area contributed by atoms with Crippen LogP contribution >= 0.6 is 11.8 Å². The van der Waals surface area contributed by atoms with Gasteiger partial charge in [0.1, 0.15) is 11.9 Å². The topological polar surface area (TPSA) is 49.8 Å². The number of carbonyl (C=O) groups is 1. The Labute approximate surface area is 105 Å². The van der Waals surface area contributed by atoms with E-state index in [0.717, 1.165) is 22.9 Å². The number of hydrogen-bond donors (Lipinski definition) is 1. The average Bonchev–Trinajstić information content (AvgIpc) is 2.26. The van der Waals surface area contributed by atoms with Gasteiger partial charge in [0.05, 0.1) is 18.0 Å². The molecule has 0 amide bonds. The van der Waals surface area contributed by atoms with Crippen molar-refractivity contribution >= 4 is 23.4 Å². The van der Waals surface area contributed by atoms with Crippen molar-refractivity contribution in [2.24, 2.45) is 0 Å². The molecule has 0 saturated carbocycles. The fraction of sp³-hybridized carbons (Fsp3) is 0.417. The number of benzene rings is 1. The molecule has 0 aliphatic carbocycles. The van der Waals surface area contributed by atoms with Crippen LogP contribution in [0.4, 0.5) is 5.69 Å². The van der Waals surface area contributed by atoms with E-state index in [1.54, 1.807) is 0 Å². The third-order valence-electron chi connectivity index (χ3n) is 2.56. The van der Waals surface area contributed by atoms with Gasteiger partial charge in [0.15, 0.2) is 0 Å². The molecular weight excluding hydrogens is 238 g/mol. The number of aliphatic carboxylic acids is 1. The summed E-state index contributed by atoms with van der Waals surface area (Å²) in [7, 11) is 2.02. The van der Waals surface area contributed by atoms with Crippen molar-refractivity contribution in [2.75, 3.05) is 24.2 Å². The van der Waals surface area contributed by atoms with Crippen LogP contribution in [0.2, 0.25) is 0 Å². The van der Waals surface area contributed by atoms with E-state index in [1.807, 2.05) is 32.2 Å². The predicted molar refractivity (Wildman–Crippen MR) is 68.2 cm³/mol. The quantitative estimate of drug-likeness (QED) is 0.836. The second kappa shape index (κ2) is 4.87. The zero-order chi connectivity index (χ0) is 12.4. The van der Waals surface area contributed by atoms with E-state index in [4.69, 9.17) is 9.84 Å². The molecule has 17 heavy (non-hydrogen) atoms. The molecule has 1 atom stereocenters. The van der Waals surface area contributed by atoms with E-state index >= 15 is 0 Å². The van der Waals surface area contributed by atoms with Crippen molar-refractivity contribution in [3.63, 3.8) is 0 Å². The standard InChI is InChI=1S/C12H15NO3S/c1-8-6-13(2)10-5-9(17-7-12(14)15)3-4-11(10)16-8/h3-5,8H,6-7H2,1-2H3,(H,14,15). The molecule has 1 unspecified atom stereocenters. The van der Waals surface area contributed by atoms with Crippen LogP contribution in [0, 0.1) is 0 Å². The van der Waals surface area contributed by atoms with Crippen molar-refractivity contribution < 1.29 is 14.6 Å². The summed E-state index contributed by atoms with van der Waals surface area (Å²) in [6.07, 6.45) is 0.185. The van der Waals surface area contributed by atoms with Crippen molar-refractivity contribution in [3.05, 3.63) is 18.2 Å². The second-order valence-corrected chi connectivity index (χ2v) is 5.17. The lowest BCUT2D eigenvalue weighted by molar-refractivity contribution is -0.133. The van der Waals surface area contributed by atoms with Crippen LogP contribution in [0.5, 0.6) is 5.75 Å². The van der Waals surface area contributed by atoms with Crippen LogP contribution in [-0.4, -0.2) is 36.5 Å². The fourth-order valence-electron chi connectivity index (χ4n) is 1.87. The first-order valence-electron chi connectivity index (χ1n) is 5.42. The molecule has 5 heteroatoms. The average molecular weight is 253 g/mol. The highest BCUT2D eigenvalue weighted by atomic mass is 32.2. The van der Waals surface area contributed by atoms with Gasteiger partial charge in [-0.1, -0.05) is 0 Å². The molecule has 1 aromatic carbocycles. The predicted octanol–water partition coefficient (Wildman–Crippen LogP) is 2.08. The van der Waals surface area contributed by atoms with Crippen LogP contribution in [0.15, 0.2) is 23.1 Å². The number of fused-ring (bicyclic) bond motifs is 1. The molecule has 0 fully saturated rings. The molecule has 1 heterocycles. The molecule has 0 spiro atoms. The first kappa shape index (κ1) is 12.1. The lowest BCUT2D eigenvalue weighted by Crippen LogP contribution is -2.35. The second-order valence-electron chi connectivity index (χ2n) is 4.12. The minimum Gasteiger partial charge on any atom is -0.487 e. The molecule has 0 aromatic heterocycles. The minimum atomic E-state index is -0.800. The highest BCUT2D eigenvalue weighted by Gasteiger charge is 2.20. The van der Waals surface area contributed by atoms with Gasteiger partial charge in [-0.05, 0) is 25.1 Å². The molecule has 4 nitrogen and oxygen atoms in total. The number of thioether (sulfide) groups is 1. The maximum absolute atomic E-state index is 10.5. The summed E-state index contributed by atoms with van der Waals surface area (Å²) in [6, 6.07) is 5.79. The highest BCUT2D eigenvalue weighted by Crippen LogP contribution is 2.35. The number of ether oxygens (including phenoxy) is 1. The third kappa shape index (κ3) is 2.85. The molecule has 0 radical (unpaired) electrons. The van der Waals surface area contributed by atoms with E-state index in [-0.39, 0.29) is 11.9 Å². The molecule has 1 aromatic rings. The number of likely N-dealkylation sites (N-methyl/N-ethyl adjacent to an activating group) is 1. The molecular formula is C12H15NO3S. The minimum absolute atomic E-state index is 0.0831. The van der Waals surface area contributed by atoms with Crippen LogP contribution in [-0.2, 0) is 4.79 Å². The lowest BCUT2D eigenvalue weighted by atomic mass is 10.2. The Morgan fingerprint density at radius 1 is 1.65 bits per heavy atom. The Hall–Kier alpha value is -1.36. The van der Waals surface area contributed by atoms with Crippen LogP contribution in [0.3, 0.4) is 0 Å². The lowest BCUT2D eigenvalue weighted by Gasteiger charge is -2.32. The first-order chi connectivity index (χ1) is 8.06. The van der Waals surface area contributed by atoms with Crippen LogP contribution in [0.25, 0.3) is 0 Å². The zero-order valence-electron chi connectivity index (χ0n) is 9.84. The Bertz CT molecular complexity index is 436. The number of rotatable bonds is 3. The van der Waals surface area contributed by atoms with Gasteiger partial charge in [0, 0.05) is 11.9 Å². The fourth-order valence-corrected chi connectivity index (χ4v) is 2.52. The number of anilines is 1. The Morgan fingerprint density at radius 3 is 3.12 bits per heavy atom. The van der Waals surface area contributed by atoms with Crippen molar-refractivity contribution in [1.29, 1.82) is 0 Å². The van der Waals surface area contributed by atoms with E-state index < -0.39 is 5.97 Å². The number of hydrogen-bond acceptors (Lipinski definition) is 4. The SMILES string of the molecule is CC1CN(C)c2cc(SCC(=O)O)ccc2O1. The Balaban J connectivity index is 2.18. The smallest absolute Gasteiger partial charge is 0.313 e. The monoisotopic (exact) mass is 253 g/mol. The van der Waals surface area contributed by atoms with Gasteiger partial charge in [-0.3, -0.25) is 4.79 Å². The van der Waals surface area contributed by atoms with E-state index in [2.05, 4.69) is 4.90 Å². The number of carboxylic acids is 1. The van der Waals surface area contributed by atoms with E-state index in [0.29, 0.717) is 0 Å². The molecule has 0 saturated heterocycles. The summed E-state index contributed by atoms with van der Waals surface area (Å²) in [5, 5.41) is 8.64. The number of carboxylic acid groups (broad SMARTS) is 1. The maximum atomic E-state index is 10.5. The Morgan fingerprint density at radius 2 is 2.41 bits per heavy atom. The van der Waals surface area contributed by atoms with Gasteiger partial charge < -0.3 is 14.7 Å². The van der Waals surface area contributed by atoms with Gasteiger partial charge in [0.2, 0.25) is 0 Å². The van der Waals surface area contributed by atoms with E-state index in [9.17, 15) is 4.79 Å². The maximum Gasteiger partial charge on any atom is 0.313 e. The molecule has 2 rings (SSSR count). The first-order valence-corrected chi connectivity index (χ1v) is 6.41. The van der Waals surface area contributed by atoms with Gasteiger partial charge in [-0.25, -0.2) is 0 Å². The summed E-state index contributed by atoms with van der Waals surface area (Å²) in [6.45, 7) is 2.88. The van der Waals surface area contributed by atoms with Gasteiger partial charge in [-0.2, -0.15) is 0 Å². The van der Waals surface area contributed by atoms with Gasteiger partial charge in [-0.15, -0.1) is 11.8 Å². The normalized spacial score (nSPS) is 18.5. The molecule has 1 N–H and O–H groups in total.